The van der Waals surface area contributed by atoms with Crippen LogP contribution in [0.1, 0.15) is 0 Å². The zero-order chi connectivity index (χ0) is 25.9. The highest BCUT2D eigenvalue weighted by atomic mass is 15.0. The van der Waals surface area contributed by atoms with Crippen LogP contribution in [0, 0.1) is 0 Å². The van der Waals surface area contributed by atoms with E-state index < -0.39 is 0 Å². The first-order valence-corrected chi connectivity index (χ1v) is 13.6. The van der Waals surface area contributed by atoms with Gasteiger partial charge in [-0.1, -0.05) is 84.9 Å². The van der Waals surface area contributed by atoms with Crippen LogP contribution in [-0.4, -0.2) is 18.9 Å². The van der Waals surface area contributed by atoms with E-state index in [2.05, 4.69) is 118 Å². The minimum atomic E-state index is 0.907. The van der Waals surface area contributed by atoms with Crippen molar-refractivity contribution in [2.45, 2.75) is 0 Å². The molecule has 184 valence electrons. The fourth-order valence-electron chi connectivity index (χ4n) is 6.94. The van der Waals surface area contributed by atoms with Gasteiger partial charge in [-0.2, -0.15) is 0 Å². The van der Waals surface area contributed by atoms with E-state index in [1.807, 2.05) is 12.1 Å². The molecule has 0 aliphatic carbocycles. The van der Waals surface area contributed by atoms with Gasteiger partial charge in [-0.05, 0) is 41.8 Å². The molecule has 0 atom stereocenters. The quantitative estimate of drug-likeness (QED) is 0.222. The molecule has 10 aromatic rings. The summed E-state index contributed by atoms with van der Waals surface area (Å²) in [7, 11) is 0. The van der Waals surface area contributed by atoms with Gasteiger partial charge in [0.15, 0.2) is 5.65 Å². The fraction of sp³-hybridized carbons (Fsp3) is 0. The van der Waals surface area contributed by atoms with Crippen molar-refractivity contribution in [2.24, 2.45) is 0 Å². The normalized spacial score (nSPS) is 12.5. The standard InChI is InChI=1S/C36H20N4/c1-2-10-23-21(9-1)17-18-26-27-19-22(39-31-15-7-3-11-24(31)25-12-4-8-16-32(25)39)20-28-33-36(40(34(23)26)35(27)28)38-30-14-6-5-13-29(30)37-33/h1-20H. The van der Waals surface area contributed by atoms with Crippen molar-refractivity contribution in [3.63, 3.8) is 0 Å². The third-order valence-electron chi connectivity index (χ3n) is 8.59. The minimum Gasteiger partial charge on any atom is -0.309 e. The van der Waals surface area contributed by atoms with E-state index >= 15 is 0 Å². The molecule has 4 heteroatoms. The third-order valence-corrected chi connectivity index (χ3v) is 8.59. The van der Waals surface area contributed by atoms with Gasteiger partial charge in [0.1, 0.15) is 5.52 Å². The maximum atomic E-state index is 5.21. The molecule has 6 aromatic carbocycles. The van der Waals surface area contributed by atoms with Crippen LogP contribution >= 0.6 is 0 Å². The summed E-state index contributed by atoms with van der Waals surface area (Å²) >= 11 is 0. The van der Waals surface area contributed by atoms with Gasteiger partial charge in [0.2, 0.25) is 0 Å². The van der Waals surface area contributed by atoms with Gasteiger partial charge in [0.05, 0.1) is 33.1 Å². The lowest BCUT2D eigenvalue weighted by atomic mass is 10.0. The van der Waals surface area contributed by atoms with Crippen molar-refractivity contribution in [1.29, 1.82) is 0 Å². The summed E-state index contributed by atoms with van der Waals surface area (Å²) < 4.78 is 4.75. The first-order valence-electron chi connectivity index (χ1n) is 13.6. The summed E-state index contributed by atoms with van der Waals surface area (Å²) in [5.41, 5.74) is 9.58. The smallest absolute Gasteiger partial charge is 0.165 e. The summed E-state index contributed by atoms with van der Waals surface area (Å²) in [6.07, 6.45) is 0. The highest BCUT2D eigenvalue weighted by Gasteiger charge is 2.23. The Kier molecular flexibility index (Phi) is 3.65. The number of para-hydroxylation sites is 4. The first kappa shape index (κ1) is 20.5. The lowest BCUT2D eigenvalue weighted by Gasteiger charge is -2.09. The van der Waals surface area contributed by atoms with Crippen LogP contribution in [0.2, 0.25) is 0 Å². The third kappa shape index (κ3) is 2.42. The van der Waals surface area contributed by atoms with E-state index in [9.17, 15) is 0 Å². The van der Waals surface area contributed by atoms with Crippen LogP contribution in [0.4, 0.5) is 0 Å². The summed E-state index contributed by atoms with van der Waals surface area (Å²) in [6, 6.07) is 43.4. The summed E-state index contributed by atoms with van der Waals surface area (Å²) in [4.78, 5) is 10.4. The van der Waals surface area contributed by atoms with Crippen LogP contribution < -0.4 is 0 Å². The van der Waals surface area contributed by atoms with Crippen molar-refractivity contribution in [1.82, 2.24) is 18.9 Å². The van der Waals surface area contributed by atoms with Crippen molar-refractivity contribution >= 4 is 82.0 Å². The first-order chi connectivity index (χ1) is 19.8. The second kappa shape index (κ2) is 7.13. The van der Waals surface area contributed by atoms with E-state index in [-0.39, 0.29) is 0 Å². The molecular weight excluding hydrogens is 488 g/mol. The SMILES string of the molecule is c1ccc2c(c1)ccc1c3cc(-n4c5ccccc5c5ccccc54)cc4c5nc6ccccc6nc5n(c21)c34. The van der Waals surface area contributed by atoms with Crippen molar-refractivity contribution < 1.29 is 0 Å². The number of hydrogen-bond acceptors (Lipinski definition) is 2. The van der Waals surface area contributed by atoms with Crippen LogP contribution in [0.3, 0.4) is 0 Å². The van der Waals surface area contributed by atoms with Crippen molar-refractivity contribution in [3.05, 3.63) is 121 Å². The van der Waals surface area contributed by atoms with Gasteiger partial charge < -0.3 is 4.57 Å². The monoisotopic (exact) mass is 508 g/mol. The Labute approximate surface area is 227 Å². The second-order valence-electron chi connectivity index (χ2n) is 10.7. The number of fused-ring (bicyclic) bond motifs is 12. The zero-order valence-electron chi connectivity index (χ0n) is 21.3. The van der Waals surface area contributed by atoms with E-state index in [1.165, 1.54) is 54.4 Å². The van der Waals surface area contributed by atoms with Gasteiger partial charge in [-0.15, -0.1) is 0 Å². The molecule has 0 saturated carbocycles. The Balaban J connectivity index is 1.48. The Bertz CT molecular complexity index is 2600. The zero-order valence-corrected chi connectivity index (χ0v) is 21.3. The Morgan fingerprint density at radius 1 is 0.450 bits per heavy atom. The predicted molar refractivity (Wildman–Crippen MR) is 166 cm³/mol. The molecule has 40 heavy (non-hydrogen) atoms. The molecule has 4 aromatic heterocycles. The van der Waals surface area contributed by atoms with Crippen LogP contribution in [-0.2, 0) is 0 Å². The van der Waals surface area contributed by atoms with Gasteiger partial charge in [-0.3, -0.25) is 4.40 Å². The predicted octanol–water partition coefficient (Wildman–Crippen LogP) is 9.03. The number of aromatic nitrogens is 4. The molecule has 0 aliphatic rings. The molecule has 0 saturated heterocycles. The molecule has 0 fully saturated rings. The molecular formula is C36H20N4. The average Bonchev–Trinajstić information content (AvgIpc) is 3.64. The number of benzene rings is 6. The molecule has 0 bridgehead atoms. The highest BCUT2D eigenvalue weighted by molar-refractivity contribution is 6.27. The Morgan fingerprint density at radius 3 is 1.82 bits per heavy atom. The molecule has 0 amide bonds. The van der Waals surface area contributed by atoms with Gasteiger partial charge in [0.25, 0.3) is 0 Å². The van der Waals surface area contributed by atoms with E-state index in [0.29, 0.717) is 0 Å². The van der Waals surface area contributed by atoms with E-state index in [1.54, 1.807) is 0 Å². The number of rotatable bonds is 1. The maximum Gasteiger partial charge on any atom is 0.165 e. The molecule has 0 unspecified atom stereocenters. The topological polar surface area (TPSA) is 35.1 Å². The molecule has 0 radical (unpaired) electrons. The lowest BCUT2D eigenvalue weighted by Crippen LogP contribution is -1.94. The van der Waals surface area contributed by atoms with Gasteiger partial charge >= 0.3 is 0 Å². The Morgan fingerprint density at radius 2 is 1.05 bits per heavy atom. The van der Waals surface area contributed by atoms with E-state index in [0.717, 1.165) is 33.3 Å². The average molecular weight is 509 g/mol. The second-order valence-corrected chi connectivity index (χ2v) is 10.7. The fourth-order valence-corrected chi connectivity index (χ4v) is 6.94. The number of hydrogen-bond donors (Lipinski definition) is 0. The van der Waals surface area contributed by atoms with Crippen LogP contribution in [0.5, 0.6) is 0 Å². The van der Waals surface area contributed by atoms with Gasteiger partial charge in [-0.25, -0.2) is 9.97 Å². The lowest BCUT2D eigenvalue weighted by molar-refractivity contribution is 1.19. The summed E-state index contributed by atoms with van der Waals surface area (Å²) in [6.45, 7) is 0. The van der Waals surface area contributed by atoms with E-state index in [4.69, 9.17) is 9.97 Å². The largest absolute Gasteiger partial charge is 0.309 e. The minimum absolute atomic E-state index is 0.907. The molecule has 4 nitrogen and oxygen atoms in total. The summed E-state index contributed by atoms with van der Waals surface area (Å²) in [5, 5.41) is 8.55. The van der Waals surface area contributed by atoms with Crippen molar-refractivity contribution in [3.8, 4) is 5.69 Å². The van der Waals surface area contributed by atoms with Gasteiger partial charge in [0, 0.05) is 38.0 Å². The summed E-state index contributed by atoms with van der Waals surface area (Å²) in [5.74, 6) is 0. The molecule has 10 rings (SSSR count). The molecule has 4 heterocycles. The van der Waals surface area contributed by atoms with Crippen LogP contribution in [0.25, 0.3) is 87.7 Å². The maximum absolute atomic E-state index is 5.21. The molecule has 0 aliphatic heterocycles. The van der Waals surface area contributed by atoms with Crippen molar-refractivity contribution in [2.75, 3.05) is 0 Å². The highest BCUT2D eigenvalue weighted by Crippen LogP contribution is 2.43. The molecule has 0 spiro atoms. The number of nitrogens with zero attached hydrogens (tertiary/aromatic N) is 4. The Hall–Kier alpha value is -5.48. The van der Waals surface area contributed by atoms with Crippen LogP contribution in [0.15, 0.2) is 121 Å². The molecule has 0 N–H and O–H groups in total.